The number of aromatic nitrogens is 5. The van der Waals surface area contributed by atoms with Gasteiger partial charge in [-0.3, -0.25) is 0 Å². The first-order valence-corrected chi connectivity index (χ1v) is 17.6. The summed E-state index contributed by atoms with van der Waals surface area (Å²) in [7, 11) is 0. The van der Waals surface area contributed by atoms with Gasteiger partial charge in [-0.25, -0.2) is 15.0 Å². The molecule has 3 aromatic heterocycles. The van der Waals surface area contributed by atoms with E-state index in [9.17, 15) is 0 Å². The summed E-state index contributed by atoms with van der Waals surface area (Å²) in [5, 5.41) is 7.58. The second kappa shape index (κ2) is 11.2. The maximum Gasteiger partial charge on any atom is 0.164 e. The fourth-order valence-corrected chi connectivity index (χ4v) is 8.13. The molecule has 0 spiro atoms. The Balaban J connectivity index is 1.18. The van der Waals surface area contributed by atoms with E-state index in [0.29, 0.717) is 17.5 Å². The summed E-state index contributed by atoms with van der Waals surface area (Å²) < 4.78 is 4.84. The quantitative estimate of drug-likeness (QED) is 0.172. The minimum atomic E-state index is 0.636. The molecule has 11 rings (SSSR count). The van der Waals surface area contributed by atoms with Gasteiger partial charge in [0.05, 0.1) is 22.1 Å². The molecule has 0 fully saturated rings. The molecular formula is C47H29N5. The number of hydrogen-bond acceptors (Lipinski definition) is 3. The van der Waals surface area contributed by atoms with Crippen LogP contribution in [0.3, 0.4) is 0 Å². The number of fused-ring (bicyclic) bond motifs is 5. The maximum absolute atomic E-state index is 5.04. The topological polar surface area (TPSA) is 48.5 Å². The Hall–Kier alpha value is -7.11. The molecule has 0 aliphatic carbocycles. The first-order valence-electron chi connectivity index (χ1n) is 17.6. The van der Waals surface area contributed by atoms with Gasteiger partial charge in [0.15, 0.2) is 17.5 Å². The zero-order chi connectivity index (χ0) is 34.2. The third-order valence-corrected chi connectivity index (χ3v) is 10.3. The molecule has 5 heteroatoms. The first kappa shape index (κ1) is 28.7. The molecule has 0 saturated carbocycles. The maximum atomic E-state index is 5.04. The third-order valence-electron chi connectivity index (χ3n) is 10.3. The molecule has 0 saturated heterocycles. The smallest absolute Gasteiger partial charge is 0.164 e. The van der Waals surface area contributed by atoms with E-state index in [1.54, 1.807) is 0 Å². The van der Waals surface area contributed by atoms with E-state index < -0.39 is 0 Å². The number of benzene rings is 8. The van der Waals surface area contributed by atoms with Crippen LogP contribution in [0.5, 0.6) is 0 Å². The lowest BCUT2D eigenvalue weighted by atomic mass is 9.97. The summed E-state index contributed by atoms with van der Waals surface area (Å²) in [4.78, 5) is 15.0. The van der Waals surface area contributed by atoms with Crippen LogP contribution in [-0.2, 0) is 0 Å². The summed E-state index contributed by atoms with van der Waals surface area (Å²) in [6, 6.07) is 61.8. The molecule has 0 aliphatic rings. The summed E-state index contributed by atoms with van der Waals surface area (Å²) in [5.41, 5.74) is 9.81. The Morgan fingerprint density at radius 1 is 0.308 bits per heavy atom. The van der Waals surface area contributed by atoms with Crippen LogP contribution in [-0.4, -0.2) is 24.1 Å². The zero-order valence-electron chi connectivity index (χ0n) is 28.0. The van der Waals surface area contributed by atoms with Gasteiger partial charge in [-0.1, -0.05) is 133 Å². The Labute approximate surface area is 299 Å². The van der Waals surface area contributed by atoms with Crippen molar-refractivity contribution in [2.24, 2.45) is 0 Å². The highest BCUT2D eigenvalue weighted by atomic mass is 15.0. The molecule has 8 aromatic carbocycles. The van der Waals surface area contributed by atoms with E-state index in [4.69, 9.17) is 15.0 Å². The molecule has 0 atom stereocenters. The molecule has 242 valence electrons. The average Bonchev–Trinajstić information content (AvgIpc) is 3.76. The molecule has 52 heavy (non-hydrogen) atoms. The number of hydrogen-bond donors (Lipinski definition) is 0. The van der Waals surface area contributed by atoms with Crippen LogP contribution in [0.15, 0.2) is 176 Å². The minimum absolute atomic E-state index is 0.636. The standard InChI is InChI=1S/C47H29N5/c1-4-15-30(16-5-1)45-48-46(31-17-6-2-7-18-31)50-47(49-45)32-19-12-22-34(29-32)51-39-27-13-24-36-41-35-23-10-11-26-38(35)52(33-20-8-3-9-21-33)44(41)37-25-14-28-40(51)43(37)42(36)39/h1-29H. The molecule has 5 nitrogen and oxygen atoms in total. The van der Waals surface area contributed by atoms with Crippen LogP contribution in [0.1, 0.15) is 0 Å². The lowest BCUT2D eigenvalue weighted by Gasteiger charge is -2.12. The van der Waals surface area contributed by atoms with Crippen LogP contribution < -0.4 is 0 Å². The second-order valence-electron chi connectivity index (χ2n) is 13.2. The van der Waals surface area contributed by atoms with Gasteiger partial charge in [-0.15, -0.1) is 0 Å². The SMILES string of the molecule is c1ccc(-c2nc(-c3ccccc3)nc(-c3cccc(-n4c5cccc6c5c5c(cccc54)c4c6c5ccccc5n4-c4ccccc4)c3)n2)cc1. The van der Waals surface area contributed by atoms with E-state index in [0.717, 1.165) is 28.1 Å². The highest BCUT2D eigenvalue weighted by molar-refractivity contribution is 6.38. The van der Waals surface area contributed by atoms with Crippen molar-refractivity contribution in [1.82, 2.24) is 24.1 Å². The van der Waals surface area contributed by atoms with Gasteiger partial charge in [-0.2, -0.15) is 0 Å². The van der Waals surface area contributed by atoms with Crippen molar-refractivity contribution < 1.29 is 0 Å². The summed E-state index contributed by atoms with van der Waals surface area (Å²) in [5.74, 6) is 1.93. The van der Waals surface area contributed by atoms with Gasteiger partial charge in [0.25, 0.3) is 0 Å². The van der Waals surface area contributed by atoms with E-state index in [-0.39, 0.29) is 0 Å². The Bertz CT molecular complexity index is 3050. The van der Waals surface area contributed by atoms with Gasteiger partial charge in [0.2, 0.25) is 0 Å². The van der Waals surface area contributed by atoms with Crippen molar-refractivity contribution in [3.63, 3.8) is 0 Å². The van der Waals surface area contributed by atoms with Crippen LogP contribution in [0.2, 0.25) is 0 Å². The normalized spacial score (nSPS) is 11.8. The largest absolute Gasteiger partial charge is 0.309 e. The van der Waals surface area contributed by atoms with Crippen LogP contribution in [0.25, 0.3) is 99.9 Å². The molecule has 3 heterocycles. The molecule has 0 unspecified atom stereocenters. The van der Waals surface area contributed by atoms with Gasteiger partial charge in [-0.05, 0) is 47.9 Å². The average molecular weight is 664 g/mol. The number of rotatable bonds is 5. The lowest BCUT2D eigenvalue weighted by molar-refractivity contribution is 1.07. The third kappa shape index (κ3) is 4.20. The van der Waals surface area contributed by atoms with Crippen molar-refractivity contribution in [1.29, 1.82) is 0 Å². The minimum Gasteiger partial charge on any atom is -0.309 e. The van der Waals surface area contributed by atoms with Crippen LogP contribution in [0, 0.1) is 0 Å². The molecule has 0 radical (unpaired) electrons. The summed E-state index contributed by atoms with van der Waals surface area (Å²) in [6.07, 6.45) is 0. The second-order valence-corrected chi connectivity index (χ2v) is 13.2. The van der Waals surface area contributed by atoms with E-state index in [1.807, 2.05) is 60.7 Å². The van der Waals surface area contributed by atoms with E-state index in [1.165, 1.54) is 54.4 Å². The lowest BCUT2D eigenvalue weighted by Crippen LogP contribution is -2.01. The number of para-hydroxylation sites is 2. The zero-order valence-corrected chi connectivity index (χ0v) is 28.0. The van der Waals surface area contributed by atoms with Gasteiger partial charge in [0.1, 0.15) is 0 Å². The Morgan fingerprint density at radius 3 is 1.44 bits per heavy atom. The monoisotopic (exact) mass is 663 g/mol. The molecule has 11 aromatic rings. The summed E-state index contributed by atoms with van der Waals surface area (Å²) in [6.45, 7) is 0. The van der Waals surface area contributed by atoms with Crippen LogP contribution in [0.4, 0.5) is 0 Å². The molecule has 0 N–H and O–H groups in total. The predicted octanol–water partition coefficient (Wildman–Crippen LogP) is 11.7. The molecule has 0 aliphatic heterocycles. The highest BCUT2D eigenvalue weighted by Gasteiger charge is 2.24. The van der Waals surface area contributed by atoms with Crippen LogP contribution >= 0.6 is 0 Å². The molecule has 0 amide bonds. The first-order chi connectivity index (χ1) is 25.8. The van der Waals surface area contributed by atoms with Gasteiger partial charge < -0.3 is 9.13 Å². The van der Waals surface area contributed by atoms with Crippen molar-refractivity contribution in [2.75, 3.05) is 0 Å². The van der Waals surface area contributed by atoms with Crippen molar-refractivity contribution in [3.05, 3.63) is 176 Å². The van der Waals surface area contributed by atoms with E-state index in [2.05, 4.69) is 124 Å². The Kier molecular flexibility index (Phi) is 6.18. The summed E-state index contributed by atoms with van der Waals surface area (Å²) >= 11 is 0. The number of nitrogens with zero attached hydrogens (tertiary/aromatic N) is 5. The Morgan fingerprint density at radius 2 is 0.769 bits per heavy atom. The predicted molar refractivity (Wildman–Crippen MR) is 214 cm³/mol. The van der Waals surface area contributed by atoms with Gasteiger partial charge in [0, 0.05) is 55.0 Å². The molecular weight excluding hydrogens is 635 g/mol. The van der Waals surface area contributed by atoms with Crippen molar-refractivity contribution in [2.45, 2.75) is 0 Å². The fourth-order valence-electron chi connectivity index (χ4n) is 8.13. The highest BCUT2D eigenvalue weighted by Crippen LogP contribution is 2.47. The van der Waals surface area contributed by atoms with Gasteiger partial charge >= 0.3 is 0 Å². The van der Waals surface area contributed by atoms with E-state index >= 15 is 0 Å². The van der Waals surface area contributed by atoms with Crippen molar-refractivity contribution in [3.8, 4) is 45.5 Å². The molecule has 0 bridgehead atoms. The van der Waals surface area contributed by atoms with Crippen molar-refractivity contribution >= 4 is 54.4 Å². The fraction of sp³-hybridized carbons (Fsp3) is 0.